The van der Waals surface area contributed by atoms with Gasteiger partial charge in [0.2, 0.25) is 0 Å². The van der Waals surface area contributed by atoms with E-state index in [4.69, 9.17) is 4.99 Å². The van der Waals surface area contributed by atoms with Crippen LogP contribution in [-0.2, 0) is 0 Å². The molecule has 0 saturated heterocycles. The molecule has 3 nitrogen and oxygen atoms in total. The number of rotatable bonds is 7. The van der Waals surface area contributed by atoms with Crippen LogP contribution >= 0.6 is 0 Å². The fourth-order valence-corrected chi connectivity index (χ4v) is 3.68. The van der Waals surface area contributed by atoms with Crippen molar-refractivity contribution in [2.24, 2.45) is 9.98 Å². The molecule has 2 aromatic rings. The standard InChI is InChI=1S/C27H38N2O.Al.3FH/c1-16(2)21-12-10-13-22(17(3)4)25(21)28-20(9)27(30)29-26-23(18(5)6)14-11-15-24(26)19(7)8;;;;/h10-19H,1-9H3,(H,29,30);;3*1H/q;+3;;;/p-4. The van der Waals surface area contributed by atoms with Gasteiger partial charge in [0, 0.05) is 11.6 Å². The fourth-order valence-electron chi connectivity index (χ4n) is 3.68. The third-order valence-electron chi connectivity index (χ3n) is 5.49. The zero-order valence-electron chi connectivity index (χ0n) is 21.8. The summed E-state index contributed by atoms with van der Waals surface area (Å²) in [6.45, 7) is 19.0. The normalized spacial score (nSPS) is 11.7. The van der Waals surface area contributed by atoms with Gasteiger partial charge in [0.15, 0.2) is 0 Å². The fraction of sp³-hybridized carbons (Fsp3) is 0.481. The first-order chi connectivity index (χ1) is 14.0. The van der Waals surface area contributed by atoms with E-state index in [0.717, 1.165) is 22.5 Å². The van der Waals surface area contributed by atoms with Gasteiger partial charge in [0.1, 0.15) is 0 Å². The maximum absolute atomic E-state index is 13.1. The molecule has 0 N–H and O–H groups in total. The summed E-state index contributed by atoms with van der Waals surface area (Å²) in [5, 5.41) is 13.1. The van der Waals surface area contributed by atoms with Gasteiger partial charge in [-0.2, -0.15) is 0 Å². The van der Waals surface area contributed by atoms with Crippen molar-refractivity contribution in [2.45, 2.75) is 86.0 Å². The van der Waals surface area contributed by atoms with E-state index in [1.54, 1.807) is 6.92 Å². The Bertz CT molecular complexity index is 825. The van der Waals surface area contributed by atoms with Gasteiger partial charge >= 0.3 is 17.4 Å². The molecular formula is C27H37AlF3N2O-. The first-order valence-electron chi connectivity index (χ1n) is 11.1. The van der Waals surface area contributed by atoms with E-state index in [-0.39, 0.29) is 37.4 Å². The molecule has 186 valence electrons. The van der Waals surface area contributed by atoms with Crippen LogP contribution in [0.5, 0.6) is 0 Å². The number of nitrogens with zero attached hydrogens (tertiary/aromatic N) is 2. The van der Waals surface area contributed by atoms with Gasteiger partial charge in [0.05, 0.1) is 11.4 Å². The number of benzene rings is 2. The third kappa shape index (κ3) is 8.60. The minimum absolute atomic E-state index is 0. The van der Waals surface area contributed by atoms with Crippen LogP contribution < -0.4 is 19.2 Å². The van der Waals surface area contributed by atoms with Gasteiger partial charge < -0.3 is 19.2 Å². The van der Waals surface area contributed by atoms with Gasteiger partial charge in [-0.05, 0) is 52.8 Å². The van der Waals surface area contributed by atoms with Crippen molar-refractivity contribution in [1.82, 2.24) is 0 Å². The molecule has 0 aliphatic rings. The summed E-state index contributed by atoms with van der Waals surface area (Å²) in [6.07, 6.45) is 0. The van der Waals surface area contributed by atoms with E-state index in [9.17, 15) is 5.11 Å². The van der Waals surface area contributed by atoms with Crippen molar-refractivity contribution in [2.75, 3.05) is 0 Å². The Morgan fingerprint density at radius 1 is 0.588 bits per heavy atom. The molecule has 0 heterocycles. The van der Waals surface area contributed by atoms with Crippen molar-refractivity contribution in [3.8, 4) is 0 Å². The van der Waals surface area contributed by atoms with Crippen LogP contribution in [0.2, 0.25) is 0 Å². The average Bonchev–Trinajstić information content (AvgIpc) is 2.67. The molecule has 0 aliphatic heterocycles. The summed E-state index contributed by atoms with van der Waals surface area (Å²) >= 11 is 0. The van der Waals surface area contributed by atoms with Crippen LogP contribution in [0.3, 0.4) is 0 Å². The SMILES string of the molecule is CC(=Nc1c(C(C)C)cccc1C(C)C)C([O-])=Nc1c(C(C)C)cccc1C(C)C.[Al+3].[F-].[F-].[F-]. The maximum atomic E-state index is 13.1. The minimum Gasteiger partial charge on any atom is -1.00 e. The Morgan fingerprint density at radius 2 is 0.853 bits per heavy atom. The van der Waals surface area contributed by atoms with Crippen LogP contribution in [0, 0.1) is 0 Å². The number of para-hydroxylation sites is 2. The van der Waals surface area contributed by atoms with Crippen molar-refractivity contribution in [3.63, 3.8) is 0 Å². The second-order valence-electron chi connectivity index (χ2n) is 9.30. The predicted molar refractivity (Wildman–Crippen MR) is 135 cm³/mol. The van der Waals surface area contributed by atoms with Crippen molar-refractivity contribution < 1.29 is 19.2 Å². The predicted octanol–water partition coefficient (Wildman–Crippen LogP) is -2.01. The average molecular weight is 490 g/mol. The molecule has 0 spiro atoms. The first-order valence-corrected chi connectivity index (χ1v) is 11.1. The largest absolute Gasteiger partial charge is 3.00 e. The summed E-state index contributed by atoms with van der Waals surface area (Å²) in [7, 11) is 0. The molecule has 0 aliphatic carbocycles. The Hall–Kier alpha value is -2.10. The molecule has 2 aromatic carbocycles. The van der Waals surface area contributed by atoms with E-state index >= 15 is 0 Å². The van der Waals surface area contributed by atoms with Gasteiger partial charge in [-0.1, -0.05) is 91.8 Å². The van der Waals surface area contributed by atoms with E-state index in [0.29, 0.717) is 29.4 Å². The van der Waals surface area contributed by atoms with E-state index in [2.05, 4.69) is 96.8 Å². The number of hydrogen-bond acceptors (Lipinski definition) is 3. The van der Waals surface area contributed by atoms with Gasteiger partial charge in [0.25, 0.3) is 0 Å². The molecule has 0 unspecified atom stereocenters. The van der Waals surface area contributed by atoms with Crippen LogP contribution in [0.4, 0.5) is 11.4 Å². The molecule has 7 heteroatoms. The summed E-state index contributed by atoms with van der Waals surface area (Å²) < 4.78 is 0. The molecule has 0 aromatic heterocycles. The van der Waals surface area contributed by atoms with Crippen molar-refractivity contribution >= 4 is 40.3 Å². The Balaban J connectivity index is -0.00000240. The van der Waals surface area contributed by atoms with Crippen LogP contribution in [0.25, 0.3) is 0 Å². The van der Waals surface area contributed by atoms with E-state index < -0.39 is 0 Å². The Kier molecular flexibility index (Phi) is 16.9. The van der Waals surface area contributed by atoms with Gasteiger partial charge in [-0.15, -0.1) is 0 Å². The third-order valence-corrected chi connectivity index (χ3v) is 5.49. The Labute approximate surface area is 214 Å². The second kappa shape index (κ2) is 15.7. The van der Waals surface area contributed by atoms with Crippen molar-refractivity contribution in [1.29, 1.82) is 0 Å². The summed E-state index contributed by atoms with van der Waals surface area (Å²) in [5.74, 6) is 0.981. The van der Waals surface area contributed by atoms with Gasteiger partial charge in [-0.25, -0.2) is 0 Å². The monoisotopic (exact) mass is 489 g/mol. The zero-order chi connectivity index (χ0) is 22.6. The quantitative estimate of drug-likeness (QED) is 0.252. The maximum Gasteiger partial charge on any atom is 3.00 e. The molecular weight excluding hydrogens is 452 g/mol. The molecule has 0 bridgehead atoms. The van der Waals surface area contributed by atoms with Gasteiger partial charge in [-0.3, -0.25) is 9.98 Å². The molecule has 0 radical (unpaired) electrons. The zero-order valence-corrected chi connectivity index (χ0v) is 22.9. The summed E-state index contributed by atoms with van der Waals surface area (Å²) in [4.78, 5) is 9.40. The van der Waals surface area contributed by atoms with E-state index in [1.165, 1.54) is 11.1 Å². The molecule has 0 atom stereocenters. The smallest absolute Gasteiger partial charge is 1.00 e. The van der Waals surface area contributed by atoms with Crippen LogP contribution in [-0.4, -0.2) is 29.0 Å². The Morgan fingerprint density at radius 3 is 1.12 bits per heavy atom. The molecule has 0 fully saturated rings. The first kappa shape index (κ1) is 36.5. The van der Waals surface area contributed by atoms with Crippen LogP contribution in [0.1, 0.15) is 108 Å². The number of halogens is 3. The van der Waals surface area contributed by atoms with Crippen molar-refractivity contribution in [3.05, 3.63) is 58.7 Å². The van der Waals surface area contributed by atoms with E-state index in [1.807, 2.05) is 0 Å². The number of aliphatic imine (C=N–C) groups is 2. The second-order valence-corrected chi connectivity index (χ2v) is 9.30. The number of hydrogen-bond donors (Lipinski definition) is 0. The molecule has 0 amide bonds. The molecule has 0 saturated carbocycles. The molecule has 2 rings (SSSR count). The van der Waals surface area contributed by atoms with Crippen LogP contribution in [0.15, 0.2) is 46.4 Å². The topological polar surface area (TPSA) is 47.8 Å². The summed E-state index contributed by atoms with van der Waals surface area (Å²) in [5.41, 5.74) is 6.70. The summed E-state index contributed by atoms with van der Waals surface area (Å²) in [6, 6.07) is 12.5. The minimum atomic E-state index is -0.265. The molecule has 34 heavy (non-hydrogen) atoms.